The van der Waals surface area contributed by atoms with Crippen LogP contribution in [0.15, 0.2) is 34.1 Å². The molecule has 7 heteroatoms. The van der Waals surface area contributed by atoms with Gasteiger partial charge in [0.15, 0.2) is 0 Å². The Balaban J connectivity index is 2.88. The third-order valence-electron chi connectivity index (χ3n) is 6.87. The molecule has 208 valence electrons. The molecular formula is C30H46NO4S2-. The molecule has 0 aliphatic heterocycles. The Morgan fingerprint density at radius 1 is 0.432 bits per heavy atom. The van der Waals surface area contributed by atoms with E-state index in [2.05, 4.69) is 31.8 Å². The molecule has 0 aromatic heterocycles. The molecule has 0 saturated heterocycles. The highest BCUT2D eigenvalue weighted by atomic mass is 32.3. The predicted molar refractivity (Wildman–Crippen MR) is 155 cm³/mol. The van der Waals surface area contributed by atoms with Gasteiger partial charge in [0, 0.05) is 0 Å². The maximum Gasteiger partial charge on any atom is 0.113 e. The maximum atomic E-state index is 13.9. The third-order valence-corrected chi connectivity index (χ3v) is 10.4. The van der Waals surface area contributed by atoms with E-state index in [1.807, 2.05) is 79.7 Å². The highest BCUT2D eigenvalue weighted by molar-refractivity contribution is 8.12. The van der Waals surface area contributed by atoms with E-state index in [0.29, 0.717) is 22.3 Å². The average molecular weight is 549 g/mol. The van der Waals surface area contributed by atoms with E-state index in [9.17, 15) is 16.8 Å². The Hall–Kier alpha value is -1.70. The average Bonchev–Trinajstić information content (AvgIpc) is 2.75. The quantitative estimate of drug-likeness (QED) is 0.297. The lowest BCUT2D eigenvalue weighted by atomic mass is 9.89. The zero-order chi connectivity index (χ0) is 28.6. The highest BCUT2D eigenvalue weighted by Gasteiger charge is 2.28. The van der Waals surface area contributed by atoms with Crippen molar-refractivity contribution in [1.82, 2.24) is 0 Å². The minimum atomic E-state index is -4.53. The molecule has 37 heavy (non-hydrogen) atoms. The van der Waals surface area contributed by atoms with E-state index >= 15 is 0 Å². The van der Waals surface area contributed by atoms with Crippen molar-refractivity contribution in [3.8, 4) is 0 Å². The van der Waals surface area contributed by atoms with E-state index in [-0.39, 0.29) is 45.3 Å². The van der Waals surface area contributed by atoms with E-state index in [0.717, 1.165) is 11.1 Å². The molecular weight excluding hydrogens is 502 g/mol. The van der Waals surface area contributed by atoms with Crippen LogP contribution in [0.5, 0.6) is 0 Å². The summed E-state index contributed by atoms with van der Waals surface area (Å²) in [5, 5.41) is 0. The van der Waals surface area contributed by atoms with Crippen molar-refractivity contribution >= 4 is 20.0 Å². The van der Waals surface area contributed by atoms with Gasteiger partial charge in [-0.15, -0.1) is 0 Å². The first kappa shape index (κ1) is 31.5. The van der Waals surface area contributed by atoms with Gasteiger partial charge in [-0.2, -0.15) is 0 Å². The third kappa shape index (κ3) is 6.85. The molecule has 0 N–H and O–H groups in total. The van der Waals surface area contributed by atoms with Crippen LogP contribution in [0, 0.1) is 0 Å². The summed E-state index contributed by atoms with van der Waals surface area (Å²) in [6.07, 6.45) is 0. The number of hydrogen-bond acceptors (Lipinski definition) is 4. The number of hydrogen-bond donors (Lipinski definition) is 0. The van der Waals surface area contributed by atoms with Crippen molar-refractivity contribution in [2.24, 2.45) is 0 Å². The van der Waals surface area contributed by atoms with Crippen LogP contribution in [0.3, 0.4) is 0 Å². The monoisotopic (exact) mass is 548 g/mol. The molecule has 0 fully saturated rings. The summed E-state index contributed by atoms with van der Waals surface area (Å²) >= 11 is 0. The van der Waals surface area contributed by atoms with Crippen molar-refractivity contribution in [2.75, 3.05) is 0 Å². The van der Waals surface area contributed by atoms with Crippen molar-refractivity contribution in [3.63, 3.8) is 0 Å². The number of benzene rings is 2. The second kappa shape index (κ2) is 11.6. The summed E-state index contributed by atoms with van der Waals surface area (Å²) in [5.41, 5.74) is 4.49. The molecule has 0 unspecified atom stereocenters. The van der Waals surface area contributed by atoms with Gasteiger partial charge < -0.3 is 4.13 Å². The highest BCUT2D eigenvalue weighted by Crippen LogP contribution is 2.42. The van der Waals surface area contributed by atoms with Gasteiger partial charge in [0.1, 0.15) is 20.0 Å². The van der Waals surface area contributed by atoms with Gasteiger partial charge >= 0.3 is 0 Å². The number of nitrogens with zero attached hydrogens (tertiary/aromatic N) is 1. The fourth-order valence-corrected chi connectivity index (χ4v) is 8.58. The van der Waals surface area contributed by atoms with Gasteiger partial charge in [-0.05, 0) is 68.9 Å². The van der Waals surface area contributed by atoms with Crippen LogP contribution in [-0.2, 0) is 20.0 Å². The molecule has 2 rings (SSSR count). The molecule has 2 aromatic carbocycles. The van der Waals surface area contributed by atoms with E-state index in [1.165, 1.54) is 0 Å². The van der Waals surface area contributed by atoms with E-state index in [4.69, 9.17) is 0 Å². The summed E-state index contributed by atoms with van der Waals surface area (Å²) in [6, 6.07) is 7.58. The molecule has 0 radical (unpaired) electrons. The van der Waals surface area contributed by atoms with Crippen LogP contribution >= 0.6 is 0 Å². The second-order valence-electron chi connectivity index (χ2n) is 12.0. The maximum absolute atomic E-state index is 13.9. The molecule has 0 aliphatic rings. The molecule has 0 amide bonds. The molecule has 0 aliphatic carbocycles. The molecule has 0 heterocycles. The first-order chi connectivity index (χ1) is 16.8. The number of sulfonamides is 2. The van der Waals surface area contributed by atoms with E-state index < -0.39 is 20.0 Å². The standard InChI is InChI=1S/C30H46NO4S2/c1-17(2)23-13-25(19(5)6)29(26(14-23)20(7)8)36(32,33)31-37(34,35)30-27(21(9)10)15-24(18(3)4)16-28(30)22(11)12/h13-22H,1-12H3/q-1. The summed E-state index contributed by atoms with van der Waals surface area (Å²) in [7, 11) is -9.07. The van der Waals surface area contributed by atoms with Crippen molar-refractivity contribution < 1.29 is 16.8 Å². The summed E-state index contributed by atoms with van der Waals surface area (Å²) in [6.45, 7) is 23.7. The fraction of sp³-hybridized carbons (Fsp3) is 0.600. The summed E-state index contributed by atoms with van der Waals surface area (Å²) in [5.74, 6) is -0.0881. The lowest BCUT2D eigenvalue weighted by Crippen LogP contribution is -2.17. The minimum absolute atomic E-state index is 0.0291. The number of rotatable bonds is 10. The fourth-order valence-electron chi connectivity index (χ4n) is 4.58. The lowest BCUT2D eigenvalue weighted by molar-refractivity contribution is 0.589. The molecule has 0 saturated carbocycles. The van der Waals surface area contributed by atoms with Crippen LogP contribution in [0.1, 0.15) is 152 Å². The Morgan fingerprint density at radius 2 is 0.649 bits per heavy atom. The van der Waals surface area contributed by atoms with Crippen molar-refractivity contribution in [1.29, 1.82) is 0 Å². The van der Waals surface area contributed by atoms with Gasteiger partial charge in [-0.3, -0.25) is 0 Å². The molecule has 5 nitrogen and oxygen atoms in total. The normalized spacial score (nSPS) is 13.2. The SMILES string of the molecule is CC(C)c1cc(C(C)C)c(S(=O)(=O)[N-]S(=O)(=O)c2c(C(C)C)cc(C(C)C)cc2C(C)C)c(C(C)C)c1. The van der Waals surface area contributed by atoms with Gasteiger partial charge in [0.05, 0.1) is 9.79 Å². The Morgan fingerprint density at radius 3 is 0.811 bits per heavy atom. The first-order valence-electron chi connectivity index (χ1n) is 13.4. The topological polar surface area (TPSA) is 82.4 Å². The largest absolute Gasteiger partial charge is 0.428 e. The van der Waals surface area contributed by atoms with E-state index in [1.54, 1.807) is 0 Å². The Labute approximate surface area is 226 Å². The van der Waals surface area contributed by atoms with Crippen LogP contribution in [0.2, 0.25) is 0 Å². The van der Waals surface area contributed by atoms with Gasteiger partial charge in [-0.1, -0.05) is 107 Å². The molecule has 2 aromatic rings. The summed E-state index contributed by atoms with van der Waals surface area (Å²) in [4.78, 5) is 0.0583. The van der Waals surface area contributed by atoms with Gasteiger partial charge in [0.25, 0.3) is 0 Å². The Kier molecular flexibility index (Phi) is 9.87. The Bertz CT molecular complexity index is 1170. The minimum Gasteiger partial charge on any atom is -0.428 e. The lowest BCUT2D eigenvalue weighted by Gasteiger charge is -2.31. The summed E-state index contributed by atoms with van der Waals surface area (Å²) < 4.78 is 59.5. The van der Waals surface area contributed by atoms with Crippen LogP contribution in [-0.4, -0.2) is 16.8 Å². The molecule has 0 spiro atoms. The molecule has 0 atom stereocenters. The van der Waals surface area contributed by atoms with Gasteiger partial charge in [0.2, 0.25) is 0 Å². The smallest absolute Gasteiger partial charge is 0.113 e. The van der Waals surface area contributed by atoms with Crippen LogP contribution < -0.4 is 0 Å². The van der Waals surface area contributed by atoms with Crippen molar-refractivity contribution in [3.05, 3.63) is 61.8 Å². The van der Waals surface area contributed by atoms with Crippen LogP contribution in [0.25, 0.3) is 4.13 Å². The zero-order valence-corrected chi connectivity index (χ0v) is 26.3. The predicted octanol–water partition coefficient (Wildman–Crippen LogP) is 8.88. The molecule has 0 bridgehead atoms. The zero-order valence-electron chi connectivity index (χ0n) is 24.7. The second-order valence-corrected chi connectivity index (χ2v) is 15.3. The van der Waals surface area contributed by atoms with Crippen molar-refractivity contribution in [2.45, 2.75) is 128 Å². The van der Waals surface area contributed by atoms with Gasteiger partial charge in [-0.25, -0.2) is 16.8 Å². The first-order valence-corrected chi connectivity index (χ1v) is 16.3. The van der Waals surface area contributed by atoms with Crippen LogP contribution in [0.4, 0.5) is 0 Å².